The summed E-state index contributed by atoms with van der Waals surface area (Å²) in [6, 6.07) is 10.3. The largest absolute Gasteiger partial charge is 0.494 e. The molecule has 1 aliphatic heterocycles. The van der Waals surface area contributed by atoms with E-state index >= 15 is 0 Å². The predicted octanol–water partition coefficient (Wildman–Crippen LogP) is 4.31. The molecule has 2 aromatic carbocycles. The number of ether oxygens (including phenoxy) is 1. The predicted molar refractivity (Wildman–Crippen MR) is 98.0 cm³/mol. The van der Waals surface area contributed by atoms with Crippen molar-refractivity contribution in [3.05, 3.63) is 64.0 Å². The van der Waals surface area contributed by atoms with Gasteiger partial charge in [0.05, 0.1) is 17.3 Å². The van der Waals surface area contributed by atoms with E-state index in [-0.39, 0.29) is 15.8 Å². The van der Waals surface area contributed by atoms with Gasteiger partial charge in [0.2, 0.25) is 0 Å². The van der Waals surface area contributed by atoms with Gasteiger partial charge in [-0.2, -0.15) is 0 Å². The maximum Gasteiger partial charge on any atom is 0.283 e. The lowest BCUT2D eigenvalue weighted by molar-refractivity contribution is -0.120. The number of imide groups is 1. The molecule has 0 bridgehead atoms. The molecule has 0 aliphatic carbocycles. The Morgan fingerprint density at radius 2 is 1.77 bits per heavy atom. The van der Waals surface area contributed by atoms with Gasteiger partial charge in [-0.05, 0) is 49.4 Å². The van der Waals surface area contributed by atoms with Gasteiger partial charge in [-0.1, -0.05) is 23.2 Å². The first-order valence-corrected chi connectivity index (χ1v) is 8.41. The molecule has 0 atom stereocenters. The van der Waals surface area contributed by atoms with Gasteiger partial charge in [0, 0.05) is 5.69 Å². The summed E-state index contributed by atoms with van der Waals surface area (Å²) >= 11 is 11.8. The number of halogens is 3. The summed E-state index contributed by atoms with van der Waals surface area (Å²) in [6.45, 7) is 2.35. The highest BCUT2D eigenvalue weighted by molar-refractivity contribution is 6.53. The summed E-state index contributed by atoms with van der Waals surface area (Å²) in [5.41, 5.74) is 0.586. The number of nitrogens with one attached hydrogen (secondary N) is 1. The smallest absolute Gasteiger partial charge is 0.283 e. The highest BCUT2D eigenvalue weighted by atomic mass is 35.5. The average Bonchev–Trinajstić information content (AvgIpc) is 2.83. The molecule has 0 fully saturated rings. The van der Waals surface area contributed by atoms with Crippen LogP contribution in [-0.2, 0) is 9.59 Å². The summed E-state index contributed by atoms with van der Waals surface area (Å²) in [7, 11) is 0. The number of nitrogens with zero attached hydrogens (tertiary/aromatic N) is 1. The highest BCUT2D eigenvalue weighted by Gasteiger charge is 2.39. The Labute approximate surface area is 159 Å². The van der Waals surface area contributed by atoms with E-state index in [2.05, 4.69) is 5.32 Å². The van der Waals surface area contributed by atoms with Crippen LogP contribution in [0.25, 0.3) is 0 Å². The van der Waals surface area contributed by atoms with Crippen LogP contribution in [0.15, 0.2) is 53.2 Å². The SMILES string of the molecule is CCOc1ccc(N2C(=O)C(Cl)=C(Nc3ccc(F)c(Cl)c3)C2=O)cc1. The molecule has 1 aliphatic rings. The van der Waals surface area contributed by atoms with E-state index in [0.717, 1.165) is 11.0 Å². The second kappa shape index (κ2) is 7.35. The molecule has 5 nitrogen and oxygen atoms in total. The molecular weight excluding hydrogens is 382 g/mol. The number of carbonyl (C=O) groups excluding carboxylic acids is 2. The van der Waals surface area contributed by atoms with Crippen molar-refractivity contribution in [2.45, 2.75) is 6.92 Å². The van der Waals surface area contributed by atoms with E-state index in [0.29, 0.717) is 23.7 Å². The van der Waals surface area contributed by atoms with E-state index in [4.69, 9.17) is 27.9 Å². The zero-order chi connectivity index (χ0) is 18.8. The van der Waals surface area contributed by atoms with Crippen molar-refractivity contribution in [3.8, 4) is 5.75 Å². The third kappa shape index (κ3) is 3.38. The van der Waals surface area contributed by atoms with Gasteiger partial charge in [-0.15, -0.1) is 0 Å². The molecule has 1 heterocycles. The Hall–Kier alpha value is -2.57. The number of benzene rings is 2. The van der Waals surface area contributed by atoms with Crippen LogP contribution in [0.4, 0.5) is 15.8 Å². The number of carbonyl (C=O) groups is 2. The van der Waals surface area contributed by atoms with Crippen molar-refractivity contribution in [2.24, 2.45) is 0 Å². The van der Waals surface area contributed by atoms with Gasteiger partial charge >= 0.3 is 0 Å². The van der Waals surface area contributed by atoms with E-state index < -0.39 is 17.6 Å². The number of amides is 2. The molecule has 0 spiro atoms. The summed E-state index contributed by atoms with van der Waals surface area (Å²) in [5.74, 6) is -1.25. The van der Waals surface area contributed by atoms with Crippen LogP contribution in [-0.4, -0.2) is 18.4 Å². The van der Waals surface area contributed by atoms with Crippen LogP contribution < -0.4 is 15.0 Å². The minimum absolute atomic E-state index is 0.103. The summed E-state index contributed by atoms with van der Waals surface area (Å²) in [4.78, 5) is 26.0. The Kier molecular flexibility index (Phi) is 5.15. The van der Waals surface area contributed by atoms with Crippen LogP contribution in [0.2, 0.25) is 5.02 Å². The van der Waals surface area contributed by atoms with Crippen LogP contribution in [0, 0.1) is 5.82 Å². The van der Waals surface area contributed by atoms with Crippen LogP contribution in [0.1, 0.15) is 6.92 Å². The van der Waals surface area contributed by atoms with Crippen LogP contribution >= 0.6 is 23.2 Å². The van der Waals surface area contributed by atoms with Gasteiger partial charge in [-0.25, -0.2) is 9.29 Å². The Bertz CT molecular complexity index is 913. The Morgan fingerprint density at radius 3 is 2.38 bits per heavy atom. The third-order valence-corrected chi connectivity index (χ3v) is 4.26. The number of hydrogen-bond donors (Lipinski definition) is 1. The van der Waals surface area contributed by atoms with Gasteiger partial charge in [-0.3, -0.25) is 9.59 Å². The summed E-state index contributed by atoms with van der Waals surface area (Å²) in [6.07, 6.45) is 0. The van der Waals surface area contributed by atoms with Crippen molar-refractivity contribution in [1.29, 1.82) is 0 Å². The molecule has 26 heavy (non-hydrogen) atoms. The van der Waals surface area contributed by atoms with Gasteiger partial charge in [0.15, 0.2) is 0 Å². The van der Waals surface area contributed by atoms with E-state index in [1.54, 1.807) is 24.3 Å². The molecule has 0 saturated heterocycles. The number of anilines is 2. The van der Waals surface area contributed by atoms with Gasteiger partial charge in [0.1, 0.15) is 22.3 Å². The molecule has 134 valence electrons. The molecule has 0 aromatic heterocycles. The Morgan fingerprint density at radius 1 is 1.08 bits per heavy atom. The van der Waals surface area contributed by atoms with Crippen molar-refractivity contribution in [3.63, 3.8) is 0 Å². The fraction of sp³-hybridized carbons (Fsp3) is 0.111. The quantitative estimate of drug-likeness (QED) is 0.767. The lowest BCUT2D eigenvalue weighted by Crippen LogP contribution is -2.32. The number of rotatable bonds is 5. The first-order chi connectivity index (χ1) is 12.4. The molecule has 3 rings (SSSR count). The number of hydrogen-bond acceptors (Lipinski definition) is 4. The first-order valence-electron chi connectivity index (χ1n) is 7.66. The fourth-order valence-corrected chi connectivity index (χ4v) is 2.82. The third-order valence-electron chi connectivity index (χ3n) is 3.62. The minimum atomic E-state index is -0.656. The average molecular weight is 395 g/mol. The lowest BCUT2D eigenvalue weighted by Gasteiger charge is -2.15. The van der Waals surface area contributed by atoms with Crippen molar-refractivity contribution >= 4 is 46.4 Å². The molecule has 1 N–H and O–H groups in total. The zero-order valence-electron chi connectivity index (χ0n) is 13.6. The standard InChI is InChI=1S/C18H13Cl2FN2O3/c1-2-26-12-6-4-11(5-7-12)23-17(24)15(20)16(18(23)25)22-10-3-8-14(21)13(19)9-10/h3-9,22H,2H2,1H3. The van der Waals surface area contributed by atoms with Crippen molar-refractivity contribution < 1.29 is 18.7 Å². The van der Waals surface area contributed by atoms with Gasteiger partial charge < -0.3 is 10.1 Å². The Balaban J connectivity index is 1.85. The van der Waals surface area contributed by atoms with Crippen molar-refractivity contribution in [2.75, 3.05) is 16.8 Å². The summed E-state index contributed by atoms with van der Waals surface area (Å²) < 4.78 is 18.6. The van der Waals surface area contributed by atoms with Crippen LogP contribution in [0.3, 0.4) is 0 Å². The lowest BCUT2D eigenvalue weighted by atomic mass is 10.2. The molecule has 8 heteroatoms. The monoisotopic (exact) mass is 394 g/mol. The van der Waals surface area contributed by atoms with Crippen LogP contribution in [0.5, 0.6) is 5.75 Å². The van der Waals surface area contributed by atoms with E-state index in [9.17, 15) is 14.0 Å². The molecule has 2 aromatic rings. The summed E-state index contributed by atoms with van der Waals surface area (Å²) in [5, 5.41) is 2.35. The van der Waals surface area contributed by atoms with Gasteiger partial charge in [0.25, 0.3) is 11.8 Å². The highest BCUT2D eigenvalue weighted by Crippen LogP contribution is 2.31. The van der Waals surface area contributed by atoms with Crippen molar-refractivity contribution in [1.82, 2.24) is 0 Å². The molecular formula is C18H13Cl2FN2O3. The fourth-order valence-electron chi connectivity index (χ4n) is 2.42. The molecule has 0 radical (unpaired) electrons. The first kappa shape index (κ1) is 18.2. The molecule has 0 saturated carbocycles. The van der Waals surface area contributed by atoms with E-state index in [1.165, 1.54) is 12.1 Å². The molecule has 0 unspecified atom stereocenters. The second-order valence-corrected chi connectivity index (χ2v) is 6.10. The molecule has 2 amide bonds. The maximum atomic E-state index is 13.3. The minimum Gasteiger partial charge on any atom is -0.494 e. The normalized spacial score (nSPS) is 14.2. The maximum absolute atomic E-state index is 13.3. The second-order valence-electron chi connectivity index (χ2n) is 5.32. The van der Waals surface area contributed by atoms with E-state index in [1.807, 2.05) is 6.92 Å². The topological polar surface area (TPSA) is 58.6 Å². The zero-order valence-corrected chi connectivity index (χ0v) is 15.1.